The van der Waals surface area contributed by atoms with Crippen molar-refractivity contribution in [3.63, 3.8) is 0 Å². The van der Waals surface area contributed by atoms with E-state index in [0.717, 1.165) is 12.3 Å². The molecular weight excluding hydrogens is 379 g/mol. The lowest BCUT2D eigenvalue weighted by Crippen LogP contribution is -2.34. The molecule has 10 nitrogen and oxygen atoms in total. The van der Waals surface area contributed by atoms with E-state index in [1.165, 1.54) is 13.3 Å². The highest BCUT2D eigenvalue weighted by Crippen LogP contribution is 2.25. The van der Waals surface area contributed by atoms with Gasteiger partial charge in [0.05, 0.1) is 30.1 Å². The summed E-state index contributed by atoms with van der Waals surface area (Å²) in [5.74, 6) is -1.58. The van der Waals surface area contributed by atoms with Gasteiger partial charge in [-0.1, -0.05) is 6.07 Å². The quantitative estimate of drug-likeness (QED) is 0.245. The van der Waals surface area contributed by atoms with Gasteiger partial charge in [-0.2, -0.15) is 5.10 Å². The highest BCUT2D eigenvalue weighted by molar-refractivity contribution is 6.14. The molecule has 0 aliphatic rings. The number of carbonyl (C=O) groups is 1. The van der Waals surface area contributed by atoms with Crippen LogP contribution in [0.15, 0.2) is 35.4 Å². The molecule has 1 amide bonds. The van der Waals surface area contributed by atoms with Crippen molar-refractivity contribution in [2.45, 2.75) is 6.04 Å². The number of amides is 1. The number of hydrogen-bond donors (Lipinski definition) is 6. The minimum atomic E-state index is -0.831. The summed E-state index contributed by atoms with van der Waals surface area (Å²) in [5.41, 5.74) is 14.8. The average molecular weight is 402 g/mol. The average Bonchev–Trinajstić information content (AvgIpc) is 2.70. The largest absolute Gasteiger partial charge is 0.383 e. The van der Waals surface area contributed by atoms with Crippen molar-refractivity contribution in [2.24, 2.45) is 16.6 Å². The summed E-state index contributed by atoms with van der Waals surface area (Å²) in [6.07, 6.45) is 2.31. The van der Waals surface area contributed by atoms with E-state index in [1.807, 2.05) is 0 Å². The third kappa shape index (κ3) is 6.23. The molecule has 0 fully saturated rings. The summed E-state index contributed by atoms with van der Waals surface area (Å²) in [5, 5.41) is 16.6. The Hall–Kier alpha value is -3.57. The minimum absolute atomic E-state index is 0.0785. The fraction of sp³-hybridized carbons (Fsp3) is 0.222. The van der Waals surface area contributed by atoms with Gasteiger partial charge >= 0.3 is 0 Å². The van der Waals surface area contributed by atoms with Crippen LogP contribution in [0.5, 0.6) is 0 Å². The fourth-order valence-electron chi connectivity index (χ4n) is 2.39. The molecule has 29 heavy (non-hydrogen) atoms. The van der Waals surface area contributed by atoms with Crippen LogP contribution in [0.3, 0.4) is 0 Å². The zero-order valence-corrected chi connectivity index (χ0v) is 15.8. The Bertz CT molecular complexity index is 890. The van der Waals surface area contributed by atoms with Crippen molar-refractivity contribution in [3.05, 3.63) is 41.7 Å². The highest BCUT2D eigenvalue weighted by atomic mass is 19.1. The molecule has 0 saturated carbocycles. The number of nitrogens with one attached hydrogen (secondary N) is 4. The Morgan fingerprint density at radius 3 is 2.79 bits per heavy atom. The van der Waals surface area contributed by atoms with Gasteiger partial charge in [0.25, 0.3) is 5.91 Å². The molecule has 2 rings (SSSR count). The minimum Gasteiger partial charge on any atom is -0.383 e. The molecule has 8 N–H and O–H groups in total. The Kier molecular flexibility index (Phi) is 8.00. The standard InChI is InChI=1S/C18H23FN8O2/c1-29-10-13(9-21)25-18-15(19)8-14(16(22)28)17(26-18)24-11-3-2-4-12(7-11)27-23-6-5-20/h2-8,13,20,27H,9-10,21H2,1H3,(H2,22,28)(H2,24,25,26)/b20-5?,23-6-/t13-/m0/s1. The second-order valence-corrected chi connectivity index (χ2v) is 5.87. The molecule has 0 aliphatic carbocycles. The van der Waals surface area contributed by atoms with E-state index in [4.69, 9.17) is 21.6 Å². The number of pyridine rings is 1. The van der Waals surface area contributed by atoms with Gasteiger partial charge in [0.2, 0.25) is 0 Å². The van der Waals surface area contributed by atoms with Crippen molar-refractivity contribution in [3.8, 4) is 0 Å². The number of methoxy groups -OCH3 is 1. The molecule has 0 saturated heterocycles. The molecule has 1 heterocycles. The molecule has 0 radical (unpaired) electrons. The van der Waals surface area contributed by atoms with E-state index >= 15 is 0 Å². The zero-order chi connectivity index (χ0) is 21.2. The summed E-state index contributed by atoms with van der Waals surface area (Å²) < 4.78 is 19.5. The van der Waals surface area contributed by atoms with E-state index in [1.54, 1.807) is 24.3 Å². The van der Waals surface area contributed by atoms with Gasteiger partial charge in [0, 0.05) is 25.6 Å². The summed E-state index contributed by atoms with van der Waals surface area (Å²) in [7, 11) is 1.50. The van der Waals surface area contributed by atoms with Gasteiger partial charge in [0.15, 0.2) is 11.6 Å². The maximum Gasteiger partial charge on any atom is 0.252 e. The van der Waals surface area contributed by atoms with Crippen LogP contribution in [0.25, 0.3) is 0 Å². The number of rotatable bonds is 11. The zero-order valence-electron chi connectivity index (χ0n) is 15.8. The lowest BCUT2D eigenvalue weighted by molar-refractivity contribution is 0.100. The molecule has 0 spiro atoms. The van der Waals surface area contributed by atoms with Crippen LogP contribution in [0.2, 0.25) is 0 Å². The van der Waals surface area contributed by atoms with E-state index in [0.29, 0.717) is 11.4 Å². The Labute approximate surface area is 167 Å². The van der Waals surface area contributed by atoms with Gasteiger partial charge in [0.1, 0.15) is 5.82 Å². The molecule has 0 unspecified atom stereocenters. The van der Waals surface area contributed by atoms with Crippen LogP contribution in [-0.2, 0) is 4.74 Å². The van der Waals surface area contributed by atoms with Crippen LogP contribution in [0.4, 0.5) is 27.4 Å². The number of carbonyl (C=O) groups excluding carboxylic acids is 1. The highest BCUT2D eigenvalue weighted by Gasteiger charge is 2.18. The third-order valence-corrected chi connectivity index (χ3v) is 3.70. The second kappa shape index (κ2) is 10.7. The van der Waals surface area contributed by atoms with Gasteiger partial charge in [-0.3, -0.25) is 10.2 Å². The fourth-order valence-corrected chi connectivity index (χ4v) is 2.39. The first-order valence-corrected chi connectivity index (χ1v) is 8.59. The molecule has 1 aromatic carbocycles. The molecule has 1 aromatic heterocycles. The van der Waals surface area contributed by atoms with E-state index in [2.05, 4.69) is 26.1 Å². The van der Waals surface area contributed by atoms with E-state index in [9.17, 15) is 9.18 Å². The summed E-state index contributed by atoms with van der Waals surface area (Å²) in [6, 6.07) is 7.55. The topological polar surface area (TPSA) is 164 Å². The van der Waals surface area contributed by atoms with Crippen LogP contribution in [-0.4, -0.2) is 49.6 Å². The van der Waals surface area contributed by atoms with Crippen molar-refractivity contribution in [1.82, 2.24) is 4.98 Å². The van der Waals surface area contributed by atoms with E-state index in [-0.39, 0.29) is 36.4 Å². The normalized spacial score (nSPS) is 11.8. The Balaban J connectivity index is 2.33. The number of aromatic nitrogens is 1. The number of hydrogen-bond acceptors (Lipinski definition) is 9. The Morgan fingerprint density at radius 1 is 1.38 bits per heavy atom. The number of anilines is 4. The van der Waals surface area contributed by atoms with Crippen LogP contribution in [0.1, 0.15) is 10.4 Å². The number of halogens is 1. The molecule has 1 atom stereocenters. The summed E-state index contributed by atoms with van der Waals surface area (Å²) in [6.45, 7) is 0.446. The molecule has 0 aliphatic heterocycles. The van der Waals surface area contributed by atoms with Crippen molar-refractivity contribution in [1.29, 1.82) is 5.41 Å². The SMILES string of the molecule is COC[C@H](CN)Nc1nc(Nc2cccc(N/N=C\C=N)c2)c(C(N)=O)cc1F. The van der Waals surface area contributed by atoms with Crippen LogP contribution >= 0.6 is 0 Å². The van der Waals surface area contributed by atoms with Crippen molar-refractivity contribution >= 4 is 41.3 Å². The van der Waals surface area contributed by atoms with Crippen molar-refractivity contribution < 1.29 is 13.9 Å². The Morgan fingerprint density at radius 2 is 2.14 bits per heavy atom. The number of nitrogens with two attached hydrogens (primary N) is 2. The number of primary amides is 1. The molecule has 0 bridgehead atoms. The molecule has 11 heteroatoms. The lowest BCUT2D eigenvalue weighted by atomic mass is 10.2. The first-order chi connectivity index (χ1) is 14.0. The number of benzene rings is 1. The number of ether oxygens (including phenoxy) is 1. The van der Waals surface area contributed by atoms with Gasteiger partial charge in [-0.25, -0.2) is 9.37 Å². The third-order valence-electron chi connectivity index (χ3n) is 3.70. The number of hydrazone groups is 1. The predicted molar refractivity (Wildman–Crippen MR) is 112 cm³/mol. The van der Waals surface area contributed by atoms with Crippen LogP contribution in [0, 0.1) is 11.2 Å². The van der Waals surface area contributed by atoms with Gasteiger partial charge in [-0.15, -0.1) is 0 Å². The lowest BCUT2D eigenvalue weighted by Gasteiger charge is -2.18. The van der Waals surface area contributed by atoms with Crippen LogP contribution < -0.4 is 27.5 Å². The maximum absolute atomic E-state index is 14.4. The smallest absolute Gasteiger partial charge is 0.252 e. The number of nitrogens with zero attached hydrogens (tertiary/aromatic N) is 2. The van der Waals surface area contributed by atoms with E-state index < -0.39 is 11.7 Å². The predicted octanol–water partition coefficient (Wildman–Crippen LogP) is 1.50. The molecule has 2 aromatic rings. The summed E-state index contributed by atoms with van der Waals surface area (Å²) in [4.78, 5) is 15.9. The first kappa shape index (κ1) is 21.7. The molecular formula is C18H23FN8O2. The first-order valence-electron chi connectivity index (χ1n) is 8.59. The second-order valence-electron chi connectivity index (χ2n) is 5.87. The van der Waals surface area contributed by atoms with Gasteiger partial charge < -0.3 is 32.2 Å². The molecule has 154 valence electrons. The van der Waals surface area contributed by atoms with Gasteiger partial charge in [-0.05, 0) is 24.3 Å². The monoisotopic (exact) mass is 402 g/mol. The van der Waals surface area contributed by atoms with Crippen molar-refractivity contribution in [2.75, 3.05) is 36.3 Å². The summed E-state index contributed by atoms with van der Waals surface area (Å²) >= 11 is 0. The maximum atomic E-state index is 14.4.